The first kappa shape index (κ1) is 12.8. The molecule has 101 valence electrons. The number of benzene rings is 1. The summed E-state index contributed by atoms with van der Waals surface area (Å²) in [5, 5.41) is 0. The zero-order valence-electron chi connectivity index (χ0n) is 11.2. The summed E-state index contributed by atoms with van der Waals surface area (Å²) in [5.74, 6) is 0.0255. The predicted octanol–water partition coefficient (Wildman–Crippen LogP) is 2.57. The van der Waals surface area contributed by atoms with E-state index in [0.717, 1.165) is 31.5 Å². The SMILES string of the molecule is O=C(c1cn[c]nc1-c1ccccc1)N1CCCCC1. The molecule has 1 radical (unpaired) electrons. The maximum absolute atomic E-state index is 12.6. The van der Waals surface area contributed by atoms with Crippen molar-refractivity contribution >= 4 is 5.91 Å². The molecule has 0 N–H and O–H groups in total. The standard InChI is InChI=1S/C16H16N3O/c20-16(19-9-5-2-6-10-19)14-11-17-12-18-15(14)13-7-3-1-4-8-13/h1,3-4,7-8,11H,2,5-6,9-10H2. The molecule has 2 heterocycles. The summed E-state index contributed by atoms with van der Waals surface area (Å²) >= 11 is 0. The highest BCUT2D eigenvalue weighted by atomic mass is 16.2. The van der Waals surface area contributed by atoms with Crippen LogP contribution in [-0.4, -0.2) is 33.9 Å². The Labute approximate surface area is 118 Å². The number of amides is 1. The zero-order chi connectivity index (χ0) is 13.8. The van der Waals surface area contributed by atoms with Gasteiger partial charge in [-0.15, -0.1) is 0 Å². The molecular weight excluding hydrogens is 250 g/mol. The summed E-state index contributed by atoms with van der Waals surface area (Å²) < 4.78 is 0. The van der Waals surface area contributed by atoms with E-state index in [2.05, 4.69) is 16.3 Å². The fraction of sp³-hybridized carbons (Fsp3) is 0.312. The molecule has 1 aliphatic rings. The Hall–Kier alpha value is -2.23. The average Bonchev–Trinajstić information content (AvgIpc) is 2.56. The molecule has 0 bridgehead atoms. The van der Waals surface area contributed by atoms with Crippen LogP contribution in [0.3, 0.4) is 0 Å². The molecule has 0 spiro atoms. The van der Waals surface area contributed by atoms with Gasteiger partial charge < -0.3 is 4.90 Å². The van der Waals surface area contributed by atoms with Gasteiger partial charge in [0.15, 0.2) is 6.33 Å². The van der Waals surface area contributed by atoms with Crippen LogP contribution in [0.25, 0.3) is 11.3 Å². The van der Waals surface area contributed by atoms with E-state index in [1.54, 1.807) is 6.20 Å². The van der Waals surface area contributed by atoms with Gasteiger partial charge in [0.25, 0.3) is 5.91 Å². The normalized spacial score (nSPS) is 15.1. The number of hydrogen-bond acceptors (Lipinski definition) is 3. The van der Waals surface area contributed by atoms with Gasteiger partial charge in [0.2, 0.25) is 0 Å². The van der Waals surface area contributed by atoms with Crippen molar-refractivity contribution in [1.82, 2.24) is 14.9 Å². The lowest BCUT2D eigenvalue weighted by Crippen LogP contribution is -2.36. The van der Waals surface area contributed by atoms with E-state index in [-0.39, 0.29) is 5.91 Å². The maximum Gasteiger partial charge on any atom is 0.257 e. The number of rotatable bonds is 2. The number of hydrogen-bond donors (Lipinski definition) is 0. The highest BCUT2D eigenvalue weighted by Gasteiger charge is 2.22. The summed E-state index contributed by atoms with van der Waals surface area (Å²) in [7, 11) is 0. The Bertz CT molecular complexity index is 592. The fourth-order valence-corrected chi connectivity index (χ4v) is 2.53. The number of nitrogens with zero attached hydrogens (tertiary/aromatic N) is 3. The van der Waals surface area contributed by atoms with Gasteiger partial charge in [0, 0.05) is 24.8 Å². The van der Waals surface area contributed by atoms with Crippen LogP contribution in [0.15, 0.2) is 36.5 Å². The van der Waals surface area contributed by atoms with Gasteiger partial charge in [0.1, 0.15) is 0 Å². The predicted molar refractivity (Wildman–Crippen MR) is 76.1 cm³/mol. The van der Waals surface area contributed by atoms with Crippen molar-refractivity contribution in [2.24, 2.45) is 0 Å². The molecule has 3 rings (SSSR count). The summed E-state index contributed by atoms with van der Waals surface area (Å²) in [6.07, 6.45) is 7.52. The van der Waals surface area contributed by atoms with Crippen molar-refractivity contribution in [3.05, 3.63) is 48.4 Å². The van der Waals surface area contributed by atoms with Gasteiger partial charge in [-0.05, 0) is 19.3 Å². The Morgan fingerprint density at radius 1 is 1.10 bits per heavy atom. The summed E-state index contributed by atoms with van der Waals surface area (Å²) in [5.41, 5.74) is 2.15. The molecule has 1 aliphatic heterocycles. The zero-order valence-corrected chi connectivity index (χ0v) is 11.2. The van der Waals surface area contributed by atoms with Crippen LogP contribution in [0, 0.1) is 6.33 Å². The monoisotopic (exact) mass is 266 g/mol. The van der Waals surface area contributed by atoms with Crippen LogP contribution >= 0.6 is 0 Å². The number of aromatic nitrogens is 2. The number of carbonyl (C=O) groups excluding carboxylic acids is 1. The smallest absolute Gasteiger partial charge is 0.257 e. The van der Waals surface area contributed by atoms with Crippen molar-refractivity contribution in [2.45, 2.75) is 19.3 Å². The first-order valence-corrected chi connectivity index (χ1v) is 6.94. The summed E-state index contributed by atoms with van der Waals surface area (Å²) in [4.78, 5) is 22.6. The molecule has 0 saturated carbocycles. The quantitative estimate of drug-likeness (QED) is 0.839. The van der Waals surface area contributed by atoms with Gasteiger partial charge in [-0.2, -0.15) is 0 Å². The number of likely N-dealkylation sites (tertiary alicyclic amines) is 1. The van der Waals surface area contributed by atoms with Crippen LogP contribution in [0.1, 0.15) is 29.6 Å². The Kier molecular flexibility index (Phi) is 3.72. The van der Waals surface area contributed by atoms with Gasteiger partial charge >= 0.3 is 0 Å². The van der Waals surface area contributed by atoms with Crippen molar-refractivity contribution in [1.29, 1.82) is 0 Å². The number of carbonyl (C=O) groups is 1. The second-order valence-electron chi connectivity index (χ2n) is 4.95. The molecule has 1 aromatic heterocycles. The van der Waals surface area contributed by atoms with Crippen molar-refractivity contribution in [3.8, 4) is 11.3 Å². The molecule has 0 aliphatic carbocycles. The Morgan fingerprint density at radius 2 is 1.85 bits per heavy atom. The second kappa shape index (κ2) is 5.82. The lowest BCUT2D eigenvalue weighted by Gasteiger charge is -2.27. The minimum atomic E-state index is 0.0255. The lowest BCUT2D eigenvalue weighted by atomic mass is 10.0. The Balaban J connectivity index is 1.95. The average molecular weight is 266 g/mol. The molecule has 1 amide bonds. The highest BCUT2D eigenvalue weighted by Crippen LogP contribution is 2.22. The molecule has 4 heteroatoms. The highest BCUT2D eigenvalue weighted by molar-refractivity contribution is 5.99. The van der Waals surface area contributed by atoms with E-state index in [9.17, 15) is 4.79 Å². The van der Waals surface area contributed by atoms with Gasteiger partial charge in [-0.25, -0.2) is 9.97 Å². The lowest BCUT2D eigenvalue weighted by molar-refractivity contribution is 0.0724. The number of piperidine rings is 1. The third-order valence-electron chi connectivity index (χ3n) is 3.59. The third-order valence-corrected chi connectivity index (χ3v) is 3.59. The van der Waals surface area contributed by atoms with E-state index in [0.29, 0.717) is 11.3 Å². The van der Waals surface area contributed by atoms with E-state index in [1.165, 1.54) is 6.42 Å². The Morgan fingerprint density at radius 3 is 2.60 bits per heavy atom. The molecular formula is C16H16N3O. The minimum absolute atomic E-state index is 0.0255. The van der Waals surface area contributed by atoms with Crippen LogP contribution in [-0.2, 0) is 0 Å². The van der Waals surface area contributed by atoms with E-state index in [1.807, 2.05) is 35.2 Å². The van der Waals surface area contributed by atoms with Gasteiger partial charge in [-0.1, -0.05) is 30.3 Å². The maximum atomic E-state index is 12.6. The van der Waals surface area contributed by atoms with Gasteiger partial charge in [0.05, 0.1) is 11.3 Å². The first-order chi connectivity index (χ1) is 9.86. The summed E-state index contributed by atoms with van der Waals surface area (Å²) in [6.45, 7) is 1.65. The van der Waals surface area contributed by atoms with Crippen LogP contribution < -0.4 is 0 Å². The first-order valence-electron chi connectivity index (χ1n) is 6.94. The van der Waals surface area contributed by atoms with Crippen molar-refractivity contribution in [2.75, 3.05) is 13.1 Å². The van der Waals surface area contributed by atoms with E-state index in [4.69, 9.17) is 0 Å². The molecule has 4 nitrogen and oxygen atoms in total. The molecule has 0 unspecified atom stereocenters. The molecule has 1 aromatic carbocycles. The van der Waals surface area contributed by atoms with Crippen molar-refractivity contribution < 1.29 is 4.79 Å². The topological polar surface area (TPSA) is 46.1 Å². The molecule has 20 heavy (non-hydrogen) atoms. The minimum Gasteiger partial charge on any atom is -0.339 e. The summed E-state index contributed by atoms with van der Waals surface area (Å²) in [6, 6.07) is 9.71. The van der Waals surface area contributed by atoms with E-state index >= 15 is 0 Å². The third kappa shape index (κ3) is 2.54. The van der Waals surface area contributed by atoms with Crippen molar-refractivity contribution in [3.63, 3.8) is 0 Å². The van der Waals surface area contributed by atoms with Gasteiger partial charge in [-0.3, -0.25) is 4.79 Å². The second-order valence-corrected chi connectivity index (χ2v) is 4.95. The van der Waals surface area contributed by atoms with Crippen LogP contribution in [0.2, 0.25) is 0 Å². The molecule has 0 atom stereocenters. The molecule has 1 fully saturated rings. The van der Waals surface area contributed by atoms with E-state index < -0.39 is 0 Å². The van der Waals surface area contributed by atoms with Crippen LogP contribution in [0.5, 0.6) is 0 Å². The fourth-order valence-electron chi connectivity index (χ4n) is 2.53. The molecule has 1 saturated heterocycles. The largest absolute Gasteiger partial charge is 0.339 e. The molecule has 2 aromatic rings. The van der Waals surface area contributed by atoms with Crippen LogP contribution in [0.4, 0.5) is 0 Å².